The molecule has 0 aromatic rings. The Kier molecular flexibility index (Phi) is 8.38. The molecule has 0 radical (unpaired) electrons. The molecule has 0 spiro atoms. The van der Waals surface area contributed by atoms with Crippen molar-refractivity contribution < 1.29 is 24.3 Å². The average molecular weight is 220 g/mol. The minimum absolute atomic E-state index is 0.421. The number of imide groups is 1. The maximum Gasteiger partial charge on any atom is 0.323 e. The molecule has 0 aliphatic heterocycles. The number of aliphatic carboxylic acids is 1. The van der Waals surface area contributed by atoms with Crippen molar-refractivity contribution in [3.63, 3.8) is 0 Å². The van der Waals surface area contributed by atoms with Crippen LogP contribution in [0.15, 0.2) is 0 Å². The maximum atomic E-state index is 9.84. The first-order valence-corrected chi connectivity index (χ1v) is 3.57. The molecule has 0 aliphatic carbocycles. The van der Waals surface area contributed by atoms with Crippen LogP contribution in [0, 0.1) is 0 Å². The first-order chi connectivity index (χ1) is 6.75. The third-order valence-corrected chi connectivity index (χ3v) is 0.713. The monoisotopic (exact) mass is 220 g/mol. The van der Waals surface area contributed by atoms with E-state index in [-0.39, 0.29) is 0 Å². The molecule has 0 aliphatic rings. The topological polar surface area (TPSA) is 165 Å². The molecule has 0 rings (SSSR count). The van der Waals surface area contributed by atoms with Gasteiger partial charge < -0.3 is 21.9 Å². The molecule has 9 nitrogen and oxygen atoms in total. The highest BCUT2D eigenvalue weighted by atomic mass is 16.4. The van der Waals surface area contributed by atoms with E-state index in [4.69, 9.17) is 5.11 Å². The van der Waals surface area contributed by atoms with Crippen LogP contribution < -0.4 is 22.1 Å². The smallest absolute Gasteiger partial charge is 0.323 e. The van der Waals surface area contributed by atoms with Gasteiger partial charge in [-0.1, -0.05) is 0 Å². The summed E-state index contributed by atoms with van der Waals surface area (Å²) in [6.45, 7) is 0.792. The Morgan fingerprint density at radius 1 is 1.13 bits per heavy atom. The lowest BCUT2D eigenvalue weighted by molar-refractivity contribution is -0.135. The molecule has 0 heterocycles. The van der Waals surface area contributed by atoms with Gasteiger partial charge in [-0.2, -0.15) is 0 Å². The van der Waals surface area contributed by atoms with E-state index in [1.54, 1.807) is 5.32 Å². The van der Waals surface area contributed by atoms with E-state index >= 15 is 0 Å². The zero-order valence-electron chi connectivity index (χ0n) is 7.94. The first kappa shape index (κ1) is 15.2. The number of primary amides is 2. The van der Waals surface area contributed by atoms with Crippen molar-refractivity contribution in [2.75, 3.05) is 6.54 Å². The summed E-state index contributed by atoms with van der Waals surface area (Å²) < 4.78 is 0. The van der Waals surface area contributed by atoms with Crippen LogP contribution in [0.4, 0.5) is 9.59 Å². The normalized spacial score (nSPS) is 7.80. The van der Waals surface area contributed by atoms with Crippen molar-refractivity contribution in [3.8, 4) is 0 Å². The zero-order valence-corrected chi connectivity index (χ0v) is 7.94. The number of hydrogen-bond donors (Lipinski definition) is 5. The fourth-order valence-electron chi connectivity index (χ4n) is 0.336. The second-order valence-electron chi connectivity index (χ2n) is 2.16. The number of carboxylic acids is 1. The molecule has 0 unspecified atom stereocenters. The van der Waals surface area contributed by atoms with Gasteiger partial charge in [-0.15, -0.1) is 0 Å². The molecule has 0 saturated heterocycles. The van der Waals surface area contributed by atoms with E-state index in [9.17, 15) is 19.2 Å². The first-order valence-electron chi connectivity index (χ1n) is 3.57. The number of nitrogens with one attached hydrogen (secondary N) is 2. The third kappa shape index (κ3) is 24.5. The molecule has 0 saturated carbocycles. The van der Waals surface area contributed by atoms with Crippen LogP contribution in [0.25, 0.3) is 0 Å². The van der Waals surface area contributed by atoms with Gasteiger partial charge in [0.05, 0.1) is 0 Å². The van der Waals surface area contributed by atoms with Gasteiger partial charge in [-0.25, -0.2) is 9.59 Å². The predicted octanol–water partition coefficient (Wildman–Crippen LogP) is -2.06. The molecule has 9 heteroatoms. The molecule has 0 bridgehead atoms. The summed E-state index contributed by atoms with van der Waals surface area (Å²) in [5.41, 5.74) is 9.05. The highest BCUT2D eigenvalue weighted by Gasteiger charge is 1.95. The minimum Gasteiger partial charge on any atom is -0.480 e. The van der Waals surface area contributed by atoms with Crippen LogP contribution in [0.2, 0.25) is 0 Å². The summed E-state index contributed by atoms with van der Waals surface area (Å²) in [7, 11) is 0. The van der Waals surface area contributed by atoms with E-state index in [0.717, 1.165) is 0 Å². The van der Waals surface area contributed by atoms with Gasteiger partial charge in [-0.3, -0.25) is 14.9 Å². The number of carbonyl (C=O) groups excluding carboxylic acids is 3. The maximum absolute atomic E-state index is 9.84. The number of carbonyl (C=O) groups is 4. The summed E-state index contributed by atoms with van der Waals surface area (Å²) in [6.07, 6.45) is 0. The Balaban J connectivity index is 0. The molecule has 0 aromatic carbocycles. The van der Waals surface area contributed by atoms with Crippen molar-refractivity contribution >= 4 is 23.9 Å². The van der Waals surface area contributed by atoms with Gasteiger partial charge in [0.1, 0.15) is 6.54 Å². The fourth-order valence-corrected chi connectivity index (χ4v) is 0.336. The van der Waals surface area contributed by atoms with E-state index in [2.05, 4.69) is 11.5 Å². The Bertz CT molecular complexity index is 238. The zero-order chi connectivity index (χ0) is 12.4. The number of urea groups is 2. The van der Waals surface area contributed by atoms with E-state index in [0.29, 0.717) is 0 Å². The molecule has 7 N–H and O–H groups in total. The number of nitrogens with two attached hydrogens (primary N) is 2. The minimum atomic E-state index is -1.11. The predicted molar refractivity (Wildman–Crippen MR) is 48.6 cm³/mol. The Hall–Kier alpha value is -2.32. The SMILES string of the molecule is CC(=O)NC(N)=O.NC(=O)NCC(=O)O. The molecule has 15 heavy (non-hydrogen) atoms. The van der Waals surface area contributed by atoms with E-state index < -0.39 is 30.5 Å². The van der Waals surface area contributed by atoms with Gasteiger partial charge in [0, 0.05) is 6.92 Å². The van der Waals surface area contributed by atoms with Gasteiger partial charge >= 0.3 is 18.0 Å². The lowest BCUT2D eigenvalue weighted by Gasteiger charge is -1.92. The van der Waals surface area contributed by atoms with Crippen molar-refractivity contribution in [1.82, 2.24) is 10.6 Å². The van der Waals surface area contributed by atoms with Crippen LogP contribution in [-0.4, -0.2) is 35.6 Å². The summed E-state index contributed by atoms with van der Waals surface area (Å²) in [5, 5.41) is 11.6. The van der Waals surface area contributed by atoms with Crippen molar-refractivity contribution in [2.45, 2.75) is 6.92 Å². The van der Waals surface area contributed by atoms with Gasteiger partial charge in [-0.05, 0) is 0 Å². The largest absolute Gasteiger partial charge is 0.480 e. The van der Waals surface area contributed by atoms with Gasteiger partial charge in [0.2, 0.25) is 5.91 Å². The van der Waals surface area contributed by atoms with Crippen molar-refractivity contribution in [2.24, 2.45) is 11.5 Å². The second-order valence-corrected chi connectivity index (χ2v) is 2.16. The third-order valence-electron chi connectivity index (χ3n) is 0.713. The summed E-state index contributed by atoms with van der Waals surface area (Å²) in [6, 6.07) is -1.64. The fraction of sp³-hybridized carbons (Fsp3) is 0.333. The Morgan fingerprint density at radius 3 is 1.67 bits per heavy atom. The highest BCUT2D eigenvalue weighted by molar-refractivity contribution is 5.92. The molecule has 86 valence electrons. The van der Waals surface area contributed by atoms with E-state index in [1.165, 1.54) is 6.92 Å². The molecule has 0 atom stereocenters. The van der Waals surface area contributed by atoms with E-state index in [1.807, 2.05) is 5.32 Å². The van der Waals surface area contributed by atoms with Gasteiger partial charge in [0.15, 0.2) is 0 Å². The van der Waals surface area contributed by atoms with Crippen LogP contribution in [-0.2, 0) is 9.59 Å². The van der Waals surface area contributed by atoms with Gasteiger partial charge in [0.25, 0.3) is 0 Å². The summed E-state index contributed by atoms with van der Waals surface area (Å²) in [5.74, 6) is -1.55. The average Bonchev–Trinajstić information content (AvgIpc) is 1.99. The summed E-state index contributed by atoms with van der Waals surface area (Å²) >= 11 is 0. The van der Waals surface area contributed by atoms with Crippen molar-refractivity contribution in [1.29, 1.82) is 0 Å². The highest BCUT2D eigenvalue weighted by Crippen LogP contribution is 1.57. The number of hydrogen-bond acceptors (Lipinski definition) is 4. The number of rotatable bonds is 2. The Morgan fingerprint density at radius 2 is 1.60 bits per heavy atom. The van der Waals surface area contributed by atoms with Crippen molar-refractivity contribution in [3.05, 3.63) is 0 Å². The summed E-state index contributed by atoms with van der Waals surface area (Å²) in [4.78, 5) is 38.9. The van der Waals surface area contributed by atoms with Crippen LogP contribution in [0.5, 0.6) is 0 Å². The lowest BCUT2D eigenvalue weighted by atomic mass is 10.7. The number of amides is 5. The molecule has 0 fully saturated rings. The second kappa shape index (κ2) is 8.29. The Labute approximate surface area is 84.8 Å². The molecule has 5 amide bonds. The number of carboxylic acid groups (broad SMARTS) is 1. The van der Waals surface area contributed by atoms with Crippen LogP contribution >= 0.6 is 0 Å². The molecule has 0 aromatic heterocycles. The lowest BCUT2D eigenvalue weighted by Crippen LogP contribution is -2.33. The molecular weight excluding hydrogens is 208 g/mol. The van der Waals surface area contributed by atoms with Crippen LogP contribution in [0.1, 0.15) is 6.92 Å². The van der Waals surface area contributed by atoms with Crippen LogP contribution in [0.3, 0.4) is 0 Å². The standard InChI is InChI=1S/C3H6N2O3.C3H6N2O2/c4-3(8)5-1-2(6)7;1-2(6)5-3(4)7/h1H2,(H,6,7)(H3,4,5,8);1H3,(H3,4,5,6,7). The quantitative estimate of drug-likeness (QED) is 0.360. The molecular formula is C6H12N4O5.